The maximum atomic E-state index is 13.5. The number of methoxy groups -OCH3 is 2. The Balaban J connectivity index is 1.34. The van der Waals surface area contributed by atoms with Gasteiger partial charge in [0.2, 0.25) is 5.89 Å². The predicted octanol–water partition coefficient (Wildman–Crippen LogP) is 5.04. The number of carbonyl (C=O) groups is 1. The molecule has 1 amide bonds. The molecule has 8 nitrogen and oxygen atoms in total. The largest absolute Gasteiger partial charge is 0.497 e. The molecule has 0 spiro atoms. The third kappa shape index (κ3) is 4.91. The van der Waals surface area contributed by atoms with Crippen molar-refractivity contribution in [3.05, 3.63) is 83.7 Å². The lowest BCUT2D eigenvalue weighted by molar-refractivity contribution is 0.0564. The van der Waals surface area contributed by atoms with Crippen LogP contribution in [0.3, 0.4) is 0 Å². The number of oxazole rings is 1. The minimum Gasteiger partial charge on any atom is -0.497 e. The number of H-pyrrole nitrogens is 1. The highest BCUT2D eigenvalue weighted by Gasteiger charge is 2.33. The van der Waals surface area contributed by atoms with E-state index in [9.17, 15) is 4.79 Å². The molecule has 0 saturated carbocycles. The van der Waals surface area contributed by atoms with Crippen LogP contribution in [0.1, 0.15) is 53.0 Å². The number of rotatable bonds is 7. The highest BCUT2D eigenvalue weighted by atomic mass is 16.5. The van der Waals surface area contributed by atoms with Crippen LogP contribution in [0.2, 0.25) is 0 Å². The molecular formula is C27H28N4O4. The number of ether oxygens (including phenoxy) is 2. The lowest BCUT2D eigenvalue weighted by Crippen LogP contribution is -2.38. The van der Waals surface area contributed by atoms with Crippen LogP contribution < -0.4 is 9.47 Å². The predicted molar refractivity (Wildman–Crippen MR) is 131 cm³/mol. The summed E-state index contributed by atoms with van der Waals surface area (Å²) in [5.41, 5.74) is 3.09. The smallest absolute Gasteiger partial charge is 0.272 e. The topological polar surface area (TPSA) is 93.5 Å². The summed E-state index contributed by atoms with van der Waals surface area (Å²) in [6.45, 7) is 0.643. The van der Waals surface area contributed by atoms with Crippen molar-refractivity contribution in [3.63, 3.8) is 0 Å². The number of carbonyl (C=O) groups excluding carboxylic acids is 1. The molecule has 5 rings (SSSR count). The fraction of sp³-hybridized carbons (Fsp3) is 0.296. The molecule has 0 bridgehead atoms. The van der Waals surface area contributed by atoms with E-state index in [2.05, 4.69) is 15.2 Å². The number of nitrogens with one attached hydrogen (secondary N) is 1. The van der Waals surface area contributed by atoms with Crippen LogP contribution in [0.15, 0.2) is 65.2 Å². The summed E-state index contributed by atoms with van der Waals surface area (Å²) >= 11 is 0. The Morgan fingerprint density at radius 3 is 2.71 bits per heavy atom. The molecule has 1 aliphatic rings. The lowest BCUT2D eigenvalue weighted by Gasteiger charge is -2.33. The Morgan fingerprint density at radius 2 is 1.89 bits per heavy atom. The van der Waals surface area contributed by atoms with Gasteiger partial charge < -0.3 is 18.8 Å². The van der Waals surface area contributed by atoms with E-state index in [4.69, 9.17) is 13.9 Å². The van der Waals surface area contributed by atoms with Crippen molar-refractivity contribution in [2.75, 3.05) is 20.8 Å². The van der Waals surface area contributed by atoms with Crippen molar-refractivity contribution in [2.45, 2.75) is 31.7 Å². The number of aromatic nitrogens is 3. The molecular weight excluding hydrogens is 444 g/mol. The summed E-state index contributed by atoms with van der Waals surface area (Å²) in [5.74, 6) is 2.77. The van der Waals surface area contributed by atoms with Gasteiger partial charge in [0.1, 0.15) is 29.0 Å². The number of nitrogens with zero attached hydrogens (tertiary/aromatic N) is 3. The molecule has 1 atom stereocenters. The quantitative estimate of drug-likeness (QED) is 0.405. The molecule has 0 aliphatic carbocycles. The minimum absolute atomic E-state index is 0.108. The van der Waals surface area contributed by atoms with Crippen LogP contribution in [0.5, 0.6) is 11.5 Å². The van der Waals surface area contributed by atoms with Gasteiger partial charge in [-0.2, -0.15) is 5.10 Å². The molecule has 1 aliphatic heterocycles. The van der Waals surface area contributed by atoms with E-state index in [1.165, 1.54) is 0 Å². The highest BCUT2D eigenvalue weighted by Crippen LogP contribution is 2.33. The van der Waals surface area contributed by atoms with Crippen LogP contribution in [-0.2, 0) is 6.42 Å². The highest BCUT2D eigenvalue weighted by molar-refractivity contribution is 5.93. The first-order valence-electron chi connectivity index (χ1n) is 11.7. The van der Waals surface area contributed by atoms with Crippen LogP contribution >= 0.6 is 0 Å². The number of likely N-dealkylation sites (tertiary alicyclic amines) is 1. The molecule has 1 N–H and O–H groups in total. The maximum absolute atomic E-state index is 13.5. The standard InChI is InChI=1S/C27H28N4O4/c1-33-20-9-5-7-18(13-20)14-22-17-28-26(35-22)25-11-3-4-12-31(25)27(32)24-16-23(29-30-24)19-8-6-10-21(15-19)34-2/h5-10,13,15-17,25H,3-4,11-12,14H2,1-2H3,(H,29,30)/t25-/m0/s1. The fourth-order valence-corrected chi connectivity index (χ4v) is 4.49. The van der Waals surface area contributed by atoms with Crippen molar-refractivity contribution in [3.8, 4) is 22.8 Å². The van der Waals surface area contributed by atoms with Gasteiger partial charge >= 0.3 is 0 Å². The SMILES string of the molecule is COc1cccc(Cc2cnc([C@@H]3CCCCN3C(=O)c3cc(-c4cccc(OC)c4)n[nH]3)o2)c1. The van der Waals surface area contributed by atoms with Crippen molar-refractivity contribution in [1.82, 2.24) is 20.1 Å². The second kappa shape index (κ2) is 10.0. The Hall–Kier alpha value is -4.07. The number of piperidine rings is 1. The first kappa shape index (κ1) is 22.7. The van der Waals surface area contributed by atoms with Crippen LogP contribution in [0, 0.1) is 0 Å². The van der Waals surface area contributed by atoms with E-state index < -0.39 is 0 Å². The first-order valence-corrected chi connectivity index (χ1v) is 11.7. The molecule has 2 aromatic heterocycles. The number of benzene rings is 2. The van der Waals surface area contributed by atoms with Gasteiger partial charge in [0.15, 0.2) is 0 Å². The zero-order valence-corrected chi connectivity index (χ0v) is 19.9. The summed E-state index contributed by atoms with van der Waals surface area (Å²) in [6.07, 6.45) is 5.12. The van der Waals surface area contributed by atoms with Crippen LogP contribution in [-0.4, -0.2) is 46.8 Å². The molecule has 35 heavy (non-hydrogen) atoms. The summed E-state index contributed by atoms with van der Waals surface area (Å²) in [6, 6.07) is 17.1. The van der Waals surface area contributed by atoms with Gasteiger partial charge in [-0.05, 0) is 55.2 Å². The Morgan fingerprint density at radius 1 is 1.09 bits per heavy atom. The van der Waals surface area contributed by atoms with Gasteiger partial charge in [0.05, 0.1) is 26.1 Å². The van der Waals surface area contributed by atoms with Gasteiger partial charge in [0.25, 0.3) is 5.91 Å². The lowest BCUT2D eigenvalue weighted by atomic mass is 10.0. The second-order valence-electron chi connectivity index (χ2n) is 8.60. The average Bonchev–Trinajstić information content (AvgIpc) is 3.59. The summed E-state index contributed by atoms with van der Waals surface area (Å²) in [4.78, 5) is 19.9. The van der Waals surface area contributed by atoms with E-state index in [0.717, 1.165) is 47.6 Å². The van der Waals surface area contributed by atoms with Gasteiger partial charge in [-0.25, -0.2) is 4.98 Å². The third-order valence-electron chi connectivity index (χ3n) is 6.31. The number of hydrogen-bond acceptors (Lipinski definition) is 6. The molecule has 0 radical (unpaired) electrons. The van der Waals surface area contributed by atoms with Crippen LogP contribution in [0.4, 0.5) is 0 Å². The van der Waals surface area contributed by atoms with Crippen molar-refractivity contribution < 1.29 is 18.7 Å². The molecule has 0 unspecified atom stereocenters. The van der Waals surface area contributed by atoms with E-state index >= 15 is 0 Å². The van der Waals surface area contributed by atoms with Crippen molar-refractivity contribution >= 4 is 5.91 Å². The number of hydrogen-bond donors (Lipinski definition) is 1. The third-order valence-corrected chi connectivity index (χ3v) is 6.31. The van der Waals surface area contributed by atoms with E-state index in [1.54, 1.807) is 26.5 Å². The fourth-order valence-electron chi connectivity index (χ4n) is 4.49. The normalized spacial score (nSPS) is 15.7. The summed E-state index contributed by atoms with van der Waals surface area (Å²) in [7, 11) is 3.28. The van der Waals surface area contributed by atoms with E-state index in [1.807, 2.05) is 53.4 Å². The molecule has 1 fully saturated rings. The maximum Gasteiger partial charge on any atom is 0.272 e. The Labute approximate surface area is 203 Å². The molecule has 8 heteroatoms. The molecule has 2 aromatic carbocycles. The molecule has 3 heterocycles. The number of amides is 1. The van der Waals surface area contributed by atoms with Crippen LogP contribution in [0.25, 0.3) is 11.3 Å². The summed E-state index contributed by atoms with van der Waals surface area (Å²) in [5, 5.41) is 7.28. The van der Waals surface area contributed by atoms with Gasteiger partial charge in [-0.1, -0.05) is 24.3 Å². The van der Waals surface area contributed by atoms with Gasteiger partial charge in [-0.15, -0.1) is 0 Å². The first-order chi connectivity index (χ1) is 17.1. The molecule has 180 valence electrons. The molecule has 1 saturated heterocycles. The van der Waals surface area contributed by atoms with Crippen molar-refractivity contribution in [2.24, 2.45) is 0 Å². The number of aromatic amines is 1. The monoisotopic (exact) mass is 472 g/mol. The second-order valence-corrected chi connectivity index (χ2v) is 8.60. The molecule has 4 aromatic rings. The summed E-state index contributed by atoms with van der Waals surface area (Å²) < 4.78 is 16.7. The zero-order chi connectivity index (χ0) is 24.2. The van der Waals surface area contributed by atoms with E-state index in [-0.39, 0.29) is 11.9 Å². The minimum atomic E-state index is -0.209. The Kier molecular flexibility index (Phi) is 6.52. The zero-order valence-electron chi connectivity index (χ0n) is 19.9. The van der Waals surface area contributed by atoms with E-state index in [0.29, 0.717) is 30.2 Å². The Bertz CT molecular complexity index is 1310. The van der Waals surface area contributed by atoms with Gasteiger partial charge in [0, 0.05) is 18.5 Å². The van der Waals surface area contributed by atoms with Gasteiger partial charge in [-0.3, -0.25) is 9.89 Å². The average molecular weight is 473 g/mol. The van der Waals surface area contributed by atoms with Crippen molar-refractivity contribution in [1.29, 1.82) is 0 Å².